The Morgan fingerprint density at radius 3 is 2.75 bits per heavy atom. The smallest absolute Gasteiger partial charge is 0.215 e. The maximum atomic E-state index is 6.10. The second kappa shape index (κ2) is 7.34. The largest absolute Gasteiger partial charge is 0.436 e. The number of furan rings is 1. The SMILES string of the molecule is CCCCCCNc1c(N)oc2c(-c3ccnc(C)c3)nccc12. The molecule has 3 aromatic heterocycles. The molecule has 24 heavy (non-hydrogen) atoms. The van der Waals surface area contributed by atoms with Gasteiger partial charge in [-0.3, -0.25) is 9.97 Å². The van der Waals surface area contributed by atoms with Crippen LogP contribution >= 0.6 is 0 Å². The van der Waals surface area contributed by atoms with Crippen LogP contribution in [0.25, 0.3) is 22.2 Å². The minimum atomic E-state index is 0.417. The fraction of sp³-hybridized carbons (Fsp3) is 0.368. The van der Waals surface area contributed by atoms with Crippen LogP contribution < -0.4 is 11.1 Å². The van der Waals surface area contributed by atoms with Gasteiger partial charge in [0.1, 0.15) is 11.4 Å². The Labute approximate surface area is 142 Å². The van der Waals surface area contributed by atoms with Crippen LogP contribution in [-0.2, 0) is 0 Å². The van der Waals surface area contributed by atoms with Crippen molar-refractivity contribution in [2.45, 2.75) is 39.5 Å². The average molecular weight is 324 g/mol. The van der Waals surface area contributed by atoms with E-state index in [1.165, 1.54) is 19.3 Å². The van der Waals surface area contributed by atoms with Gasteiger partial charge >= 0.3 is 0 Å². The van der Waals surface area contributed by atoms with Gasteiger partial charge in [-0.25, -0.2) is 0 Å². The first-order valence-corrected chi connectivity index (χ1v) is 8.54. The van der Waals surface area contributed by atoms with Gasteiger partial charge in [0.2, 0.25) is 5.88 Å². The number of fused-ring (bicyclic) bond motifs is 1. The number of nitrogens with two attached hydrogens (primary N) is 1. The third kappa shape index (κ3) is 3.35. The summed E-state index contributed by atoms with van der Waals surface area (Å²) in [6.07, 6.45) is 8.43. The monoisotopic (exact) mass is 324 g/mol. The van der Waals surface area contributed by atoms with Crippen LogP contribution in [0.1, 0.15) is 38.3 Å². The lowest BCUT2D eigenvalue weighted by molar-refractivity contribution is 0.636. The molecule has 5 heteroatoms. The number of aromatic nitrogens is 2. The Morgan fingerprint density at radius 1 is 1.12 bits per heavy atom. The van der Waals surface area contributed by atoms with E-state index in [0.717, 1.165) is 46.6 Å². The number of unbranched alkanes of at least 4 members (excludes halogenated alkanes) is 3. The van der Waals surface area contributed by atoms with Gasteiger partial charge in [0.05, 0.1) is 0 Å². The van der Waals surface area contributed by atoms with Crippen molar-refractivity contribution in [1.82, 2.24) is 9.97 Å². The number of nitrogens with one attached hydrogen (secondary N) is 1. The van der Waals surface area contributed by atoms with Crippen molar-refractivity contribution in [3.8, 4) is 11.3 Å². The van der Waals surface area contributed by atoms with Gasteiger partial charge in [0.15, 0.2) is 5.58 Å². The molecule has 0 aromatic carbocycles. The van der Waals surface area contributed by atoms with Crippen LogP contribution in [0, 0.1) is 6.92 Å². The summed E-state index contributed by atoms with van der Waals surface area (Å²) < 4.78 is 5.84. The Hall–Kier alpha value is -2.56. The predicted octanol–water partition coefficient (Wildman–Crippen LogP) is 4.77. The number of anilines is 2. The van der Waals surface area contributed by atoms with E-state index < -0.39 is 0 Å². The van der Waals surface area contributed by atoms with E-state index in [2.05, 4.69) is 22.2 Å². The van der Waals surface area contributed by atoms with Crippen molar-refractivity contribution in [3.05, 3.63) is 36.3 Å². The molecule has 126 valence electrons. The summed E-state index contributed by atoms with van der Waals surface area (Å²) in [4.78, 5) is 8.73. The van der Waals surface area contributed by atoms with Crippen LogP contribution in [0.5, 0.6) is 0 Å². The Kier molecular flexibility index (Phi) is 4.99. The minimum Gasteiger partial charge on any atom is -0.436 e. The van der Waals surface area contributed by atoms with E-state index in [4.69, 9.17) is 10.2 Å². The van der Waals surface area contributed by atoms with Crippen LogP contribution in [0.4, 0.5) is 11.6 Å². The lowest BCUT2D eigenvalue weighted by atomic mass is 10.1. The van der Waals surface area contributed by atoms with Crippen LogP contribution in [0.2, 0.25) is 0 Å². The first kappa shape index (κ1) is 16.3. The molecule has 0 aliphatic rings. The highest BCUT2D eigenvalue weighted by Crippen LogP contribution is 2.37. The molecule has 0 amide bonds. The van der Waals surface area contributed by atoms with Gasteiger partial charge in [-0.1, -0.05) is 26.2 Å². The van der Waals surface area contributed by atoms with Crippen molar-refractivity contribution in [2.75, 3.05) is 17.6 Å². The summed E-state index contributed by atoms with van der Waals surface area (Å²) in [6, 6.07) is 5.88. The van der Waals surface area contributed by atoms with Crippen molar-refractivity contribution < 1.29 is 4.42 Å². The summed E-state index contributed by atoms with van der Waals surface area (Å²) in [5.41, 5.74) is 10.4. The molecule has 0 saturated heterocycles. The molecule has 3 aromatic rings. The Morgan fingerprint density at radius 2 is 1.96 bits per heavy atom. The minimum absolute atomic E-state index is 0.417. The standard InChI is InChI=1S/C19H24N4O/c1-3-4-5-6-9-22-17-15-8-11-23-16(18(15)24-19(17)20)14-7-10-21-13(2)12-14/h7-8,10-12,22H,3-6,9,20H2,1-2H3. The number of pyridine rings is 2. The normalized spacial score (nSPS) is 11.1. The maximum Gasteiger partial charge on any atom is 0.215 e. The fourth-order valence-corrected chi connectivity index (χ4v) is 2.89. The van der Waals surface area contributed by atoms with Crippen molar-refractivity contribution in [3.63, 3.8) is 0 Å². The molecule has 0 spiro atoms. The van der Waals surface area contributed by atoms with E-state index in [1.54, 1.807) is 12.4 Å². The zero-order chi connectivity index (χ0) is 16.9. The summed E-state index contributed by atoms with van der Waals surface area (Å²) in [6.45, 7) is 5.07. The lowest BCUT2D eigenvalue weighted by Gasteiger charge is -2.05. The van der Waals surface area contributed by atoms with Crippen molar-refractivity contribution in [1.29, 1.82) is 0 Å². The molecule has 0 aliphatic carbocycles. The zero-order valence-electron chi connectivity index (χ0n) is 14.3. The second-order valence-corrected chi connectivity index (χ2v) is 6.05. The molecule has 0 fully saturated rings. The van der Waals surface area contributed by atoms with Crippen LogP contribution in [-0.4, -0.2) is 16.5 Å². The van der Waals surface area contributed by atoms with Crippen molar-refractivity contribution in [2.24, 2.45) is 0 Å². The molecule has 3 rings (SSSR count). The van der Waals surface area contributed by atoms with E-state index in [0.29, 0.717) is 5.88 Å². The molecule has 0 unspecified atom stereocenters. The van der Waals surface area contributed by atoms with E-state index in [1.807, 2.05) is 25.1 Å². The van der Waals surface area contributed by atoms with E-state index in [9.17, 15) is 0 Å². The van der Waals surface area contributed by atoms with Gasteiger partial charge in [-0.15, -0.1) is 0 Å². The average Bonchev–Trinajstić information content (AvgIpc) is 2.90. The molecule has 0 atom stereocenters. The third-order valence-electron chi connectivity index (χ3n) is 4.13. The topological polar surface area (TPSA) is 77.0 Å². The number of hydrogen-bond donors (Lipinski definition) is 2. The molecule has 3 heterocycles. The Balaban J connectivity index is 1.90. The van der Waals surface area contributed by atoms with Gasteiger partial charge in [-0.05, 0) is 31.5 Å². The molecule has 0 aliphatic heterocycles. The van der Waals surface area contributed by atoms with Crippen molar-refractivity contribution >= 4 is 22.5 Å². The van der Waals surface area contributed by atoms with Crippen LogP contribution in [0.3, 0.4) is 0 Å². The zero-order valence-corrected chi connectivity index (χ0v) is 14.3. The number of aryl methyl sites for hydroxylation is 1. The first-order chi connectivity index (χ1) is 11.7. The fourth-order valence-electron chi connectivity index (χ4n) is 2.89. The van der Waals surface area contributed by atoms with Gasteiger partial charge < -0.3 is 15.5 Å². The van der Waals surface area contributed by atoms with E-state index >= 15 is 0 Å². The summed E-state index contributed by atoms with van der Waals surface area (Å²) >= 11 is 0. The number of rotatable bonds is 7. The highest BCUT2D eigenvalue weighted by Gasteiger charge is 2.16. The summed E-state index contributed by atoms with van der Waals surface area (Å²) in [7, 11) is 0. The second-order valence-electron chi connectivity index (χ2n) is 6.05. The molecule has 0 radical (unpaired) electrons. The molecule has 3 N–H and O–H groups in total. The lowest BCUT2D eigenvalue weighted by Crippen LogP contribution is -2.02. The maximum absolute atomic E-state index is 6.10. The number of nitrogens with zero attached hydrogens (tertiary/aromatic N) is 2. The number of hydrogen-bond acceptors (Lipinski definition) is 5. The predicted molar refractivity (Wildman–Crippen MR) is 99.0 cm³/mol. The van der Waals surface area contributed by atoms with Crippen LogP contribution in [0.15, 0.2) is 35.0 Å². The molecule has 0 bridgehead atoms. The van der Waals surface area contributed by atoms with Gasteiger partial charge in [0, 0.05) is 35.6 Å². The quantitative estimate of drug-likeness (QED) is 0.612. The molecule has 5 nitrogen and oxygen atoms in total. The summed E-state index contributed by atoms with van der Waals surface area (Å²) in [5, 5.41) is 4.40. The highest BCUT2D eigenvalue weighted by atomic mass is 16.3. The molecular formula is C19H24N4O. The third-order valence-corrected chi connectivity index (χ3v) is 4.13. The van der Waals surface area contributed by atoms with Gasteiger partial charge in [0.25, 0.3) is 0 Å². The van der Waals surface area contributed by atoms with E-state index in [-0.39, 0.29) is 0 Å². The van der Waals surface area contributed by atoms with Gasteiger partial charge in [-0.2, -0.15) is 0 Å². The number of nitrogen functional groups attached to an aromatic ring is 1. The highest BCUT2D eigenvalue weighted by molar-refractivity contribution is 6.02. The first-order valence-electron chi connectivity index (χ1n) is 8.54. The molecular weight excluding hydrogens is 300 g/mol. The molecule has 0 saturated carbocycles. The Bertz CT molecular complexity index is 825. The summed E-state index contributed by atoms with van der Waals surface area (Å²) in [5.74, 6) is 0.417.